The van der Waals surface area contributed by atoms with Crippen LogP contribution < -0.4 is 0 Å². The molecule has 2 heterocycles. The summed E-state index contributed by atoms with van der Waals surface area (Å²) in [5.41, 5.74) is 0.450. The number of aliphatic hydroxyl groups excluding tert-OH is 6. The Kier molecular flexibility index (Phi) is 7.89. The van der Waals surface area contributed by atoms with Gasteiger partial charge in [-0.15, -0.1) is 0 Å². The minimum atomic E-state index is -1.54. The van der Waals surface area contributed by atoms with Crippen molar-refractivity contribution < 1.29 is 49.6 Å². The summed E-state index contributed by atoms with van der Waals surface area (Å²) in [5, 5.41) is 61.2. The van der Waals surface area contributed by atoms with Crippen LogP contribution >= 0.6 is 0 Å². The standard InChI is InChI=1S/C26H40O10/c1-13-4-7-18-25(2,15(13)6-5-14-16(28)11-34-23(14)33)9-8-19(29)26(18,3)12-35-24-22(32)21(31)20(30)17(10-27)36-24/h15,17-22,24,27-32H,1,4-12H2,2-3H3. The number of rotatable bonds is 7. The number of hydrogen-bond acceptors (Lipinski definition) is 10. The van der Waals surface area contributed by atoms with E-state index in [1.165, 1.54) is 0 Å². The lowest BCUT2D eigenvalue weighted by atomic mass is 9.46. The number of ether oxygens (including phenoxy) is 3. The predicted octanol–water partition coefficient (Wildman–Crippen LogP) is 0.702. The highest BCUT2D eigenvalue weighted by Gasteiger charge is 2.58. The fourth-order valence-electron chi connectivity index (χ4n) is 7.14. The molecule has 0 aromatic carbocycles. The lowest BCUT2D eigenvalue weighted by molar-refractivity contribution is -0.313. The number of cyclic esters (lactones) is 1. The molecule has 204 valence electrons. The van der Waals surface area contributed by atoms with Gasteiger partial charge in [0.05, 0.1) is 24.9 Å². The largest absolute Gasteiger partial charge is 0.508 e. The van der Waals surface area contributed by atoms with Crippen molar-refractivity contribution in [3.63, 3.8) is 0 Å². The quantitative estimate of drug-likeness (QED) is 0.211. The molecule has 6 N–H and O–H groups in total. The third kappa shape index (κ3) is 4.62. The first-order valence-electron chi connectivity index (χ1n) is 12.8. The Morgan fingerprint density at radius 1 is 1.11 bits per heavy atom. The van der Waals surface area contributed by atoms with Gasteiger partial charge in [-0.3, -0.25) is 0 Å². The van der Waals surface area contributed by atoms with Crippen molar-refractivity contribution in [1.82, 2.24) is 0 Å². The molecule has 10 atom stereocenters. The van der Waals surface area contributed by atoms with Crippen molar-refractivity contribution in [3.8, 4) is 0 Å². The first-order valence-corrected chi connectivity index (χ1v) is 12.8. The third-order valence-corrected chi connectivity index (χ3v) is 9.38. The summed E-state index contributed by atoms with van der Waals surface area (Å²) in [6.07, 6.45) is -3.70. The van der Waals surface area contributed by atoms with E-state index in [0.29, 0.717) is 24.8 Å². The molecule has 0 spiro atoms. The molecule has 0 aromatic rings. The maximum absolute atomic E-state index is 12.0. The average molecular weight is 513 g/mol. The molecule has 4 rings (SSSR count). The van der Waals surface area contributed by atoms with Crippen molar-refractivity contribution in [2.24, 2.45) is 22.7 Å². The molecule has 2 aliphatic carbocycles. The topological polar surface area (TPSA) is 166 Å². The number of fused-ring (bicyclic) bond motifs is 1. The Morgan fingerprint density at radius 2 is 1.83 bits per heavy atom. The molecule has 10 unspecified atom stereocenters. The second kappa shape index (κ2) is 10.3. The van der Waals surface area contributed by atoms with Crippen molar-refractivity contribution in [1.29, 1.82) is 0 Å². The zero-order valence-corrected chi connectivity index (χ0v) is 21.0. The van der Waals surface area contributed by atoms with Crippen LogP contribution in [0.3, 0.4) is 0 Å². The van der Waals surface area contributed by atoms with Gasteiger partial charge >= 0.3 is 5.97 Å². The SMILES string of the molecule is C=C1CCC2C(C)(COC3OC(CO)C(O)C(O)C3O)C(O)CCC2(C)C1CCC1=C(O)COC1=O. The summed E-state index contributed by atoms with van der Waals surface area (Å²) >= 11 is 0. The van der Waals surface area contributed by atoms with E-state index in [1.807, 2.05) is 6.92 Å². The summed E-state index contributed by atoms with van der Waals surface area (Å²) in [6, 6.07) is 0. The summed E-state index contributed by atoms with van der Waals surface area (Å²) in [4.78, 5) is 12.0. The Bertz CT molecular complexity index is 886. The number of esters is 1. The lowest BCUT2D eigenvalue weighted by Gasteiger charge is -2.60. The first kappa shape index (κ1) is 27.5. The van der Waals surface area contributed by atoms with Crippen molar-refractivity contribution in [2.75, 3.05) is 19.8 Å². The fourth-order valence-corrected chi connectivity index (χ4v) is 7.14. The van der Waals surface area contributed by atoms with Crippen LogP contribution in [0.1, 0.15) is 52.4 Å². The maximum Gasteiger partial charge on any atom is 0.337 e. The number of carbonyl (C=O) groups excluding carboxylic acids is 1. The Labute approximate surface area is 211 Å². The van der Waals surface area contributed by atoms with E-state index in [1.54, 1.807) is 0 Å². The second-order valence-corrected chi connectivity index (χ2v) is 11.4. The molecule has 4 aliphatic rings. The Balaban J connectivity index is 1.51. The Hall–Kier alpha value is -1.53. The summed E-state index contributed by atoms with van der Waals surface area (Å²) in [5.74, 6) is -0.413. The van der Waals surface area contributed by atoms with E-state index in [4.69, 9.17) is 14.2 Å². The van der Waals surface area contributed by atoms with Crippen LogP contribution in [0.15, 0.2) is 23.5 Å². The average Bonchev–Trinajstić information content (AvgIpc) is 3.16. The van der Waals surface area contributed by atoms with Gasteiger partial charge < -0.3 is 44.8 Å². The van der Waals surface area contributed by atoms with Crippen molar-refractivity contribution in [3.05, 3.63) is 23.5 Å². The molecule has 10 nitrogen and oxygen atoms in total. The van der Waals surface area contributed by atoms with Crippen LogP contribution in [0, 0.1) is 22.7 Å². The molecule has 1 saturated heterocycles. The second-order valence-electron chi connectivity index (χ2n) is 11.4. The molecule has 10 heteroatoms. The van der Waals surface area contributed by atoms with Crippen LogP contribution in [-0.4, -0.2) is 93.2 Å². The highest BCUT2D eigenvalue weighted by molar-refractivity contribution is 5.91. The summed E-state index contributed by atoms with van der Waals surface area (Å²) < 4.78 is 16.4. The first-order chi connectivity index (χ1) is 16.9. The number of aliphatic hydroxyl groups is 6. The fraction of sp³-hybridized carbons (Fsp3) is 0.808. The molecule has 0 amide bonds. The highest BCUT2D eigenvalue weighted by Crippen LogP contribution is 2.62. The predicted molar refractivity (Wildman–Crippen MR) is 126 cm³/mol. The number of hydrogen-bond donors (Lipinski definition) is 6. The number of allylic oxidation sites excluding steroid dienone is 1. The van der Waals surface area contributed by atoms with Gasteiger partial charge in [-0.25, -0.2) is 4.79 Å². The van der Waals surface area contributed by atoms with E-state index in [-0.39, 0.29) is 36.2 Å². The van der Waals surface area contributed by atoms with E-state index >= 15 is 0 Å². The molecule has 3 fully saturated rings. The van der Waals surface area contributed by atoms with E-state index in [9.17, 15) is 35.4 Å². The van der Waals surface area contributed by atoms with Gasteiger partial charge in [0.1, 0.15) is 36.8 Å². The molecule has 2 saturated carbocycles. The van der Waals surface area contributed by atoms with Gasteiger partial charge in [-0.1, -0.05) is 26.0 Å². The summed E-state index contributed by atoms with van der Waals surface area (Å²) in [6.45, 7) is 7.88. The van der Waals surface area contributed by atoms with Gasteiger partial charge in [-0.05, 0) is 55.8 Å². The van der Waals surface area contributed by atoms with Gasteiger partial charge in [0, 0.05) is 5.41 Å². The van der Waals surface area contributed by atoms with E-state index in [2.05, 4.69) is 13.5 Å². The minimum absolute atomic E-state index is 0.0139. The van der Waals surface area contributed by atoms with Crippen molar-refractivity contribution in [2.45, 2.75) is 89.2 Å². The zero-order chi connectivity index (χ0) is 26.4. The van der Waals surface area contributed by atoms with Crippen LogP contribution in [0.5, 0.6) is 0 Å². The van der Waals surface area contributed by atoms with Crippen LogP contribution in [-0.2, 0) is 19.0 Å². The summed E-state index contributed by atoms with van der Waals surface area (Å²) in [7, 11) is 0. The molecule has 0 bridgehead atoms. The van der Waals surface area contributed by atoms with Crippen LogP contribution in [0.4, 0.5) is 0 Å². The highest BCUT2D eigenvalue weighted by atomic mass is 16.7. The van der Waals surface area contributed by atoms with Gasteiger partial charge in [0.25, 0.3) is 0 Å². The molecule has 36 heavy (non-hydrogen) atoms. The number of carbonyl (C=O) groups is 1. The van der Waals surface area contributed by atoms with Gasteiger partial charge in [0.2, 0.25) is 0 Å². The minimum Gasteiger partial charge on any atom is -0.508 e. The molecule has 0 aromatic heterocycles. The van der Waals surface area contributed by atoms with E-state index < -0.39 is 54.8 Å². The van der Waals surface area contributed by atoms with E-state index in [0.717, 1.165) is 24.8 Å². The van der Waals surface area contributed by atoms with Gasteiger partial charge in [-0.2, -0.15) is 0 Å². The monoisotopic (exact) mass is 512 g/mol. The van der Waals surface area contributed by atoms with Crippen LogP contribution in [0.25, 0.3) is 0 Å². The van der Waals surface area contributed by atoms with Crippen molar-refractivity contribution >= 4 is 5.97 Å². The maximum atomic E-state index is 12.0. The van der Waals surface area contributed by atoms with Gasteiger partial charge in [0.15, 0.2) is 6.29 Å². The molecule has 2 aliphatic heterocycles. The third-order valence-electron chi connectivity index (χ3n) is 9.38. The van der Waals surface area contributed by atoms with Crippen LogP contribution in [0.2, 0.25) is 0 Å². The molecular formula is C26H40O10. The Morgan fingerprint density at radius 3 is 2.47 bits per heavy atom. The smallest absolute Gasteiger partial charge is 0.337 e. The zero-order valence-electron chi connectivity index (χ0n) is 21.0. The molecular weight excluding hydrogens is 472 g/mol. The molecule has 0 radical (unpaired) electrons. The lowest BCUT2D eigenvalue weighted by Crippen LogP contribution is -2.61. The normalized spacial score (nSPS) is 45.5.